The number of aromatic amines is 2. The zero-order valence-corrected chi connectivity index (χ0v) is 26.3. The van der Waals surface area contributed by atoms with Crippen molar-refractivity contribution in [1.82, 2.24) is 25.7 Å². The number of carboxylic acid groups (broad SMARTS) is 2. The van der Waals surface area contributed by atoms with Crippen LogP contribution in [0.2, 0.25) is 0 Å². The molecule has 252 valence electrons. The van der Waals surface area contributed by atoms with Crippen molar-refractivity contribution in [2.45, 2.75) is 69.8 Å². The first-order valence-electron chi connectivity index (χ1n) is 16.0. The number of halogens is 2. The summed E-state index contributed by atoms with van der Waals surface area (Å²) in [6.07, 6.45) is 4.17. The van der Waals surface area contributed by atoms with Gasteiger partial charge in [0, 0.05) is 36.3 Å². The maximum absolute atomic E-state index is 13.5. The Bertz CT molecular complexity index is 1950. The normalized spacial score (nSPS) is 18.7. The number of benzene rings is 2. The van der Waals surface area contributed by atoms with Crippen LogP contribution in [0, 0.1) is 35.5 Å². The minimum atomic E-state index is -2.60. The lowest BCUT2D eigenvalue weighted by Gasteiger charge is -2.24. The Hall–Kier alpha value is -5.76. The average Bonchev–Trinajstić information content (AvgIpc) is 3.72. The number of carbonyl (C=O) groups is 2. The molecule has 4 N–H and O–H groups in total. The predicted molar refractivity (Wildman–Crippen MR) is 168 cm³/mol. The van der Waals surface area contributed by atoms with Gasteiger partial charge in [0.2, 0.25) is 11.6 Å². The Labute approximate surface area is 279 Å². The maximum atomic E-state index is 13.5. The Morgan fingerprint density at radius 3 is 2.24 bits per heavy atom. The van der Waals surface area contributed by atoms with Crippen molar-refractivity contribution in [3.63, 3.8) is 0 Å². The van der Waals surface area contributed by atoms with Crippen LogP contribution in [0.25, 0.3) is 0 Å². The average molecular weight is 672 g/mol. The van der Waals surface area contributed by atoms with E-state index in [0.29, 0.717) is 60.6 Å². The number of alkyl halides is 2. The molecule has 0 saturated heterocycles. The van der Waals surface area contributed by atoms with Gasteiger partial charge in [-0.15, -0.1) is 9.78 Å². The van der Waals surface area contributed by atoms with Crippen molar-refractivity contribution in [2.24, 2.45) is 11.8 Å². The SMILES string of the molecule is O=C(O)c1[nH]nnc1Oc1cccc(C#CCC2CCC([n+]3n[nH]c(Oc4cccc(C#CC5CCC(F)(F)CC5)c4)c3C(=O)O)CC2)c1. The molecule has 12 nitrogen and oxygen atoms in total. The van der Waals surface area contributed by atoms with E-state index in [4.69, 9.17) is 9.47 Å². The quantitative estimate of drug-likeness (QED) is 0.127. The van der Waals surface area contributed by atoms with Crippen molar-refractivity contribution < 1.29 is 42.7 Å². The Morgan fingerprint density at radius 1 is 0.898 bits per heavy atom. The number of hydrogen-bond donors (Lipinski definition) is 4. The molecule has 2 heterocycles. The number of aromatic nitrogens is 6. The summed E-state index contributed by atoms with van der Waals surface area (Å²) >= 11 is 0. The molecule has 2 aromatic heterocycles. The van der Waals surface area contributed by atoms with Crippen LogP contribution >= 0.6 is 0 Å². The van der Waals surface area contributed by atoms with E-state index in [1.807, 2.05) is 6.07 Å². The molecule has 2 aliphatic carbocycles. The number of nitrogens with one attached hydrogen (secondary N) is 2. The van der Waals surface area contributed by atoms with Gasteiger partial charge < -0.3 is 19.7 Å². The smallest absolute Gasteiger partial charge is 0.386 e. The summed E-state index contributed by atoms with van der Waals surface area (Å²) in [5.74, 6) is 8.35. The van der Waals surface area contributed by atoms with Crippen LogP contribution in [0.5, 0.6) is 23.3 Å². The van der Waals surface area contributed by atoms with Crippen molar-refractivity contribution in [3.8, 4) is 46.9 Å². The van der Waals surface area contributed by atoms with E-state index in [9.17, 15) is 28.6 Å². The van der Waals surface area contributed by atoms with Crippen LogP contribution in [0.4, 0.5) is 8.78 Å². The standard InChI is InChI=1S/C35H32F2N6O6/c36-35(37)18-16-23(17-19-35)10-11-25-7-3-9-28(21-25)49-32-30(34(46)47)43(42-40-32)26-14-12-22(13-15-26)4-1-5-24-6-2-8-27(20-24)48-31-29(33(44)45)38-41-39-31/h2-3,6-9,20-23,26H,4,12-19H2,(H3,38,39,41,44,45,46,47)/p+1. The summed E-state index contributed by atoms with van der Waals surface area (Å²) in [4.78, 5) is 23.6. The maximum Gasteiger partial charge on any atom is 0.386 e. The lowest BCUT2D eigenvalue weighted by atomic mass is 9.84. The molecule has 14 heteroatoms. The summed E-state index contributed by atoms with van der Waals surface area (Å²) in [7, 11) is 0. The van der Waals surface area contributed by atoms with E-state index in [-0.39, 0.29) is 47.9 Å². The molecular weight excluding hydrogens is 638 g/mol. The van der Waals surface area contributed by atoms with E-state index in [0.717, 1.165) is 12.8 Å². The zero-order valence-electron chi connectivity index (χ0n) is 26.3. The highest BCUT2D eigenvalue weighted by Gasteiger charge is 2.36. The molecule has 0 spiro atoms. The second-order valence-electron chi connectivity index (χ2n) is 12.2. The van der Waals surface area contributed by atoms with Gasteiger partial charge in [0.25, 0.3) is 5.88 Å². The van der Waals surface area contributed by atoms with Gasteiger partial charge >= 0.3 is 23.5 Å². The van der Waals surface area contributed by atoms with E-state index < -0.39 is 17.9 Å². The van der Waals surface area contributed by atoms with Crippen LogP contribution in [0.1, 0.15) is 95.9 Å². The largest absolute Gasteiger partial charge is 0.476 e. The Morgan fingerprint density at radius 2 is 1.57 bits per heavy atom. The summed E-state index contributed by atoms with van der Waals surface area (Å²) in [6.45, 7) is 0. The molecule has 49 heavy (non-hydrogen) atoms. The van der Waals surface area contributed by atoms with Crippen LogP contribution in [0.15, 0.2) is 48.5 Å². The lowest BCUT2D eigenvalue weighted by Crippen LogP contribution is -2.47. The highest BCUT2D eigenvalue weighted by atomic mass is 19.3. The topological polar surface area (TPSA) is 167 Å². The van der Waals surface area contributed by atoms with Gasteiger partial charge in [-0.25, -0.2) is 23.5 Å². The molecule has 6 rings (SSSR count). The fraction of sp³-hybridized carbons (Fsp3) is 0.371. The lowest BCUT2D eigenvalue weighted by molar-refractivity contribution is -0.781. The zero-order chi connectivity index (χ0) is 34.4. The van der Waals surface area contributed by atoms with Crippen LogP contribution in [-0.2, 0) is 0 Å². The number of aromatic carboxylic acids is 2. The fourth-order valence-electron chi connectivity index (χ4n) is 6.03. The molecule has 0 bridgehead atoms. The molecule has 2 aromatic carbocycles. The highest BCUT2D eigenvalue weighted by molar-refractivity contribution is 5.87. The van der Waals surface area contributed by atoms with E-state index in [1.54, 1.807) is 42.5 Å². The van der Waals surface area contributed by atoms with Gasteiger partial charge in [-0.05, 0) is 80.8 Å². The number of carboxylic acids is 2. The van der Waals surface area contributed by atoms with Gasteiger partial charge in [0.05, 0.1) is 5.21 Å². The number of H-pyrrole nitrogens is 2. The minimum absolute atomic E-state index is 0.00839. The van der Waals surface area contributed by atoms with Crippen LogP contribution in [-0.4, -0.2) is 53.8 Å². The molecule has 4 aromatic rings. The predicted octanol–water partition coefficient (Wildman–Crippen LogP) is 6.15. The van der Waals surface area contributed by atoms with Crippen LogP contribution in [0.3, 0.4) is 0 Å². The second kappa shape index (κ2) is 14.6. The van der Waals surface area contributed by atoms with E-state index in [2.05, 4.69) is 49.4 Å². The summed E-state index contributed by atoms with van der Waals surface area (Å²) in [6, 6.07) is 13.7. The van der Waals surface area contributed by atoms with Gasteiger partial charge in [-0.3, -0.25) is 0 Å². The van der Waals surface area contributed by atoms with Crippen molar-refractivity contribution in [3.05, 3.63) is 71.0 Å². The number of nitrogens with zero attached hydrogens (tertiary/aromatic N) is 4. The Balaban J connectivity index is 1.04. The summed E-state index contributed by atoms with van der Waals surface area (Å²) in [5, 5.41) is 35.7. The van der Waals surface area contributed by atoms with Crippen LogP contribution < -0.4 is 14.2 Å². The number of rotatable bonds is 8. The van der Waals surface area contributed by atoms with Gasteiger partial charge in [0.15, 0.2) is 0 Å². The van der Waals surface area contributed by atoms with Gasteiger partial charge in [-0.2, -0.15) is 0 Å². The van der Waals surface area contributed by atoms with Gasteiger partial charge in [0.1, 0.15) is 17.5 Å². The van der Waals surface area contributed by atoms with E-state index in [1.165, 1.54) is 4.68 Å². The molecule has 2 aliphatic rings. The highest BCUT2D eigenvalue weighted by Crippen LogP contribution is 2.36. The summed E-state index contributed by atoms with van der Waals surface area (Å²) in [5.41, 5.74) is 1.02. The van der Waals surface area contributed by atoms with Crippen molar-refractivity contribution in [2.75, 3.05) is 0 Å². The first-order chi connectivity index (χ1) is 23.6. The first kappa shape index (κ1) is 33.2. The molecule has 2 fully saturated rings. The first-order valence-corrected chi connectivity index (χ1v) is 16.0. The molecule has 0 aliphatic heterocycles. The Kier molecular flexibility index (Phi) is 9.85. The number of hydrogen-bond acceptors (Lipinski definition) is 7. The monoisotopic (exact) mass is 671 g/mol. The van der Waals surface area contributed by atoms with Gasteiger partial charge in [-0.1, -0.05) is 46.1 Å². The molecule has 0 atom stereocenters. The molecule has 2 saturated carbocycles. The molecule has 0 radical (unpaired) electrons. The van der Waals surface area contributed by atoms with Crippen molar-refractivity contribution >= 4 is 11.9 Å². The second-order valence-corrected chi connectivity index (χ2v) is 12.2. The third kappa shape index (κ3) is 8.40. The third-order valence-corrected chi connectivity index (χ3v) is 8.66. The minimum Gasteiger partial charge on any atom is -0.476 e. The van der Waals surface area contributed by atoms with Crippen molar-refractivity contribution in [1.29, 1.82) is 0 Å². The summed E-state index contributed by atoms with van der Waals surface area (Å²) < 4.78 is 39.9. The molecule has 0 amide bonds. The van der Waals surface area contributed by atoms with E-state index >= 15 is 0 Å². The third-order valence-electron chi connectivity index (χ3n) is 8.66. The molecular formula is C35H33F2N6O6+. The molecule has 0 unspecified atom stereocenters. The number of ether oxygens (including phenoxy) is 2. The fourth-order valence-corrected chi connectivity index (χ4v) is 6.03.